The predicted molar refractivity (Wildman–Crippen MR) is 88.0 cm³/mol. The number of nitrogens with zero attached hydrogens (tertiary/aromatic N) is 1. The van der Waals surface area contributed by atoms with Gasteiger partial charge in [0.15, 0.2) is 0 Å². The summed E-state index contributed by atoms with van der Waals surface area (Å²) < 4.78 is 4.87. The first-order chi connectivity index (χ1) is 11.1. The highest BCUT2D eigenvalue weighted by Crippen LogP contribution is 2.41. The third-order valence-electron chi connectivity index (χ3n) is 5.20. The van der Waals surface area contributed by atoms with Gasteiger partial charge in [0, 0.05) is 11.1 Å². The Morgan fingerprint density at radius 3 is 2.57 bits per heavy atom. The predicted octanol–water partition coefficient (Wildman–Crippen LogP) is 2.93. The van der Waals surface area contributed by atoms with Gasteiger partial charge in [-0.1, -0.05) is 19.3 Å². The monoisotopic (exact) mass is 336 g/mol. The van der Waals surface area contributed by atoms with Gasteiger partial charge in [0.2, 0.25) is 5.91 Å². The van der Waals surface area contributed by atoms with Crippen LogP contribution >= 0.6 is 11.3 Å². The molecule has 0 spiro atoms. The Bertz CT molecular complexity index is 592. The van der Waals surface area contributed by atoms with Crippen molar-refractivity contribution in [1.29, 1.82) is 0 Å². The van der Waals surface area contributed by atoms with Crippen molar-refractivity contribution < 1.29 is 14.3 Å². The molecule has 0 aromatic carbocycles. The molecule has 126 valence electrons. The van der Waals surface area contributed by atoms with Crippen molar-refractivity contribution in [3.63, 3.8) is 0 Å². The molecule has 0 bridgehead atoms. The molecule has 0 saturated heterocycles. The minimum absolute atomic E-state index is 0.00680. The molecule has 1 amide bonds. The van der Waals surface area contributed by atoms with Crippen molar-refractivity contribution in [1.82, 2.24) is 10.3 Å². The molecular weight excluding hydrogens is 312 g/mol. The summed E-state index contributed by atoms with van der Waals surface area (Å²) >= 11 is 1.62. The number of rotatable bonds is 4. The molecule has 1 aromatic heterocycles. The molecule has 2 atom stereocenters. The van der Waals surface area contributed by atoms with Crippen LogP contribution in [0, 0.1) is 18.8 Å². The molecule has 2 fully saturated rings. The van der Waals surface area contributed by atoms with E-state index in [1.807, 2.05) is 12.3 Å². The lowest BCUT2D eigenvalue weighted by Gasteiger charge is -2.30. The van der Waals surface area contributed by atoms with Crippen molar-refractivity contribution in [3.8, 4) is 0 Å². The van der Waals surface area contributed by atoms with E-state index in [-0.39, 0.29) is 29.3 Å². The van der Waals surface area contributed by atoms with Crippen LogP contribution in [0.4, 0.5) is 0 Å². The molecule has 6 heteroatoms. The third kappa shape index (κ3) is 3.13. The van der Waals surface area contributed by atoms with Gasteiger partial charge in [-0.3, -0.25) is 9.59 Å². The zero-order chi connectivity index (χ0) is 16.4. The van der Waals surface area contributed by atoms with E-state index in [1.165, 1.54) is 7.11 Å². The second kappa shape index (κ2) is 6.59. The van der Waals surface area contributed by atoms with E-state index in [0.717, 1.165) is 55.6 Å². The van der Waals surface area contributed by atoms with Crippen molar-refractivity contribution in [2.24, 2.45) is 11.8 Å². The second-order valence-electron chi connectivity index (χ2n) is 6.74. The van der Waals surface area contributed by atoms with Crippen LogP contribution in [0.15, 0.2) is 5.38 Å². The molecule has 0 unspecified atom stereocenters. The number of amides is 1. The van der Waals surface area contributed by atoms with Gasteiger partial charge >= 0.3 is 5.97 Å². The molecule has 2 saturated carbocycles. The highest BCUT2D eigenvalue weighted by atomic mass is 32.1. The van der Waals surface area contributed by atoms with Crippen LogP contribution < -0.4 is 5.32 Å². The number of aryl methyl sites for hydroxylation is 1. The maximum absolute atomic E-state index is 12.9. The summed E-state index contributed by atoms with van der Waals surface area (Å²) in [5.74, 6) is -0.821. The molecule has 0 radical (unpaired) electrons. The van der Waals surface area contributed by atoms with E-state index in [9.17, 15) is 9.59 Å². The summed E-state index contributed by atoms with van der Waals surface area (Å²) in [5.41, 5.74) is 0.665. The van der Waals surface area contributed by atoms with E-state index in [4.69, 9.17) is 4.74 Å². The van der Waals surface area contributed by atoms with Gasteiger partial charge in [-0.05, 0) is 32.6 Å². The molecule has 2 aliphatic rings. The number of thiazole rings is 1. The van der Waals surface area contributed by atoms with E-state index in [0.29, 0.717) is 0 Å². The highest BCUT2D eigenvalue weighted by molar-refractivity contribution is 7.09. The highest BCUT2D eigenvalue weighted by Gasteiger charge is 2.44. The number of esters is 1. The minimum Gasteiger partial charge on any atom is -0.469 e. The molecule has 1 N–H and O–H groups in total. The Balaban J connectivity index is 1.78. The average molecular weight is 336 g/mol. The van der Waals surface area contributed by atoms with Crippen molar-refractivity contribution in [3.05, 3.63) is 16.1 Å². The lowest BCUT2D eigenvalue weighted by atomic mass is 9.92. The van der Waals surface area contributed by atoms with Crippen LogP contribution in [0.2, 0.25) is 0 Å². The third-order valence-corrected chi connectivity index (χ3v) is 6.37. The summed E-state index contributed by atoms with van der Waals surface area (Å²) in [4.78, 5) is 29.4. The number of nitrogens with one attached hydrogen (secondary N) is 1. The molecular formula is C17H24N2O3S. The van der Waals surface area contributed by atoms with Gasteiger partial charge in [0.1, 0.15) is 5.01 Å². The number of hydrogen-bond donors (Lipinski definition) is 1. The molecule has 2 aliphatic carbocycles. The number of aromatic nitrogens is 1. The Labute approximate surface area is 140 Å². The number of carbonyl (C=O) groups is 2. The molecule has 1 aromatic rings. The summed E-state index contributed by atoms with van der Waals surface area (Å²) in [6.07, 6.45) is 6.48. The second-order valence-corrected chi connectivity index (χ2v) is 7.60. The Morgan fingerprint density at radius 1 is 1.26 bits per heavy atom. The number of carbonyl (C=O) groups excluding carboxylic acids is 2. The lowest BCUT2D eigenvalue weighted by Crippen LogP contribution is -2.47. The SMILES string of the molecule is COC(=O)[C@H]1CCC[C@@H]1C(=O)NC1(c2nc(C)cs2)CCCC1. The number of ether oxygens (including phenoxy) is 1. The van der Waals surface area contributed by atoms with Crippen LogP contribution in [0.5, 0.6) is 0 Å². The maximum atomic E-state index is 12.9. The van der Waals surface area contributed by atoms with Crippen molar-refractivity contribution >= 4 is 23.2 Å². The number of hydrogen-bond acceptors (Lipinski definition) is 5. The van der Waals surface area contributed by atoms with Gasteiger partial charge in [-0.2, -0.15) is 0 Å². The van der Waals surface area contributed by atoms with Gasteiger partial charge < -0.3 is 10.1 Å². The fraction of sp³-hybridized carbons (Fsp3) is 0.706. The van der Waals surface area contributed by atoms with E-state index in [1.54, 1.807) is 11.3 Å². The first-order valence-electron chi connectivity index (χ1n) is 8.38. The van der Waals surface area contributed by atoms with E-state index in [2.05, 4.69) is 10.3 Å². The standard InChI is InChI=1S/C17H24N2O3S/c1-11-10-23-16(18-11)17(8-3-4-9-17)19-14(20)12-6-5-7-13(12)15(21)22-2/h10,12-13H,3-9H2,1-2H3,(H,19,20)/t12-,13-/m0/s1. The number of methoxy groups -OCH3 is 1. The van der Waals surface area contributed by atoms with E-state index < -0.39 is 0 Å². The summed E-state index contributed by atoms with van der Waals surface area (Å²) in [7, 11) is 1.40. The summed E-state index contributed by atoms with van der Waals surface area (Å²) in [6.45, 7) is 1.98. The molecule has 0 aliphatic heterocycles. The van der Waals surface area contributed by atoms with Gasteiger partial charge in [0.25, 0.3) is 0 Å². The summed E-state index contributed by atoms with van der Waals surface area (Å²) in [5, 5.41) is 6.32. The normalized spacial score (nSPS) is 26.2. The van der Waals surface area contributed by atoms with E-state index >= 15 is 0 Å². The lowest BCUT2D eigenvalue weighted by molar-refractivity contribution is -0.149. The minimum atomic E-state index is -0.334. The molecule has 5 nitrogen and oxygen atoms in total. The molecule has 3 rings (SSSR count). The van der Waals surface area contributed by atoms with Gasteiger partial charge in [-0.15, -0.1) is 11.3 Å². The van der Waals surface area contributed by atoms with Crippen LogP contribution in [0.1, 0.15) is 55.6 Å². The van der Waals surface area contributed by atoms with Crippen LogP contribution in [0.25, 0.3) is 0 Å². The zero-order valence-corrected chi connectivity index (χ0v) is 14.6. The van der Waals surface area contributed by atoms with Crippen LogP contribution in [-0.2, 0) is 19.9 Å². The van der Waals surface area contributed by atoms with Crippen LogP contribution in [-0.4, -0.2) is 24.0 Å². The quantitative estimate of drug-likeness (QED) is 0.859. The fourth-order valence-corrected chi connectivity index (χ4v) is 4.99. The van der Waals surface area contributed by atoms with Crippen molar-refractivity contribution in [2.75, 3.05) is 7.11 Å². The van der Waals surface area contributed by atoms with Gasteiger partial charge in [0.05, 0.1) is 24.5 Å². The van der Waals surface area contributed by atoms with Crippen molar-refractivity contribution in [2.45, 2.75) is 57.4 Å². The first kappa shape index (κ1) is 16.4. The van der Waals surface area contributed by atoms with Crippen LogP contribution in [0.3, 0.4) is 0 Å². The smallest absolute Gasteiger partial charge is 0.309 e. The molecule has 1 heterocycles. The Hall–Kier alpha value is -1.43. The zero-order valence-electron chi connectivity index (χ0n) is 13.8. The molecule has 23 heavy (non-hydrogen) atoms. The topological polar surface area (TPSA) is 68.3 Å². The summed E-state index contributed by atoms with van der Waals surface area (Å²) in [6, 6.07) is 0. The Morgan fingerprint density at radius 2 is 1.96 bits per heavy atom. The first-order valence-corrected chi connectivity index (χ1v) is 9.26. The average Bonchev–Trinajstić information content (AvgIpc) is 3.26. The largest absolute Gasteiger partial charge is 0.469 e. The Kier molecular flexibility index (Phi) is 4.71. The van der Waals surface area contributed by atoms with Gasteiger partial charge in [-0.25, -0.2) is 4.98 Å². The maximum Gasteiger partial charge on any atom is 0.309 e. The fourth-order valence-electron chi connectivity index (χ4n) is 3.98.